The molecule has 2 fully saturated rings. The molecule has 3 aromatic rings. The van der Waals surface area contributed by atoms with Crippen molar-refractivity contribution in [2.45, 2.75) is 24.6 Å². The second kappa shape index (κ2) is 7.52. The van der Waals surface area contributed by atoms with Gasteiger partial charge in [0, 0.05) is 20.3 Å². The highest BCUT2D eigenvalue weighted by Crippen LogP contribution is 2.57. The number of aliphatic hydroxyl groups is 1. The van der Waals surface area contributed by atoms with Crippen LogP contribution in [0.1, 0.15) is 18.4 Å². The van der Waals surface area contributed by atoms with Gasteiger partial charge in [-0.15, -0.1) is 0 Å². The Bertz CT molecular complexity index is 1070. The summed E-state index contributed by atoms with van der Waals surface area (Å²) in [5, 5.41) is 11.8. The summed E-state index contributed by atoms with van der Waals surface area (Å²) >= 11 is 6.93. The van der Waals surface area contributed by atoms with Crippen LogP contribution in [-0.2, 0) is 5.54 Å². The fourth-order valence-corrected chi connectivity index (χ4v) is 5.11. The summed E-state index contributed by atoms with van der Waals surface area (Å²) in [5.74, 6) is 0.183. The minimum Gasteiger partial charge on any atom is -0.370 e. The van der Waals surface area contributed by atoms with E-state index in [-0.39, 0.29) is 11.9 Å². The highest BCUT2D eigenvalue weighted by Gasteiger charge is 2.65. The molecule has 152 valence electrons. The Labute approximate surface area is 192 Å². The number of nitrogens with zero attached hydrogens (tertiary/aromatic N) is 2. The van der Waals surface area contributed by atoms with E-state index in [9.17, 15) is 9.90 Å². The van der Waals surface area contributed by atoms with Gasteiger partial charge in [-0.3, -0.25) is 9.80 Å². The number of halogens is 2. The largest absolute Gasteiger partial charge is 0.370 e. The SMILES string of the molecule is O=C1N(c2ccc(Br)cc2)C(O)[C@](c2ccccc2)(C2CC2)N1c1ccc(Br)cc1. The number of urea groups is 1. The molecule has 1 aliphatic heterocycles. The van der Waals surface area contributed by atoms with Crippen LogP contribution in [0.25, 0.3) is 0 Å². The number of rotatable bonds is 4. The smallest absolute Gasteiger partial charge is 0.332 e. The van der Waals surface area contributed by atoms with Gasteiger partial charge >= 0.3 is 6.03 Å². The van der Waals surface area contributed by atoms with E-state index in [0.29, 0.717) is 5.69 Å². The lowest BCUT2D eigenvalue weighted by atomic mass is 9.82. The molecule has 0 aromatic heterocycles. The highest BCUT2D eigenvalue weighted by atomic mass is 79.9. The van der Waals surface area contributed by atoms with Crippen LogP contribution in [0.2, 0.25) is 0 Å². The first-order valence-electron chi connectivity index (χ1n) is 9.91. The van der Waals surface area contributed by atoms with Crippen molar-refractivity contribution in [3.8, 4) is 0 Å². The fourth-order valence-electron chi connectivity index (χ4n) is 4.59. The van der Waals surface area contributed by atoms with Gasteiger partial charge in [0.05, 0.1) is 0 Å². The molecule has 0 radical (unpaired) electrons. The second-order valence-corrected chi connectivity index (χ2v) is 9.61. The molecule has 1 saturated carbocycles. The molecule has 2 aliphatic rings. The lowest BCUT2D eigenvalue weighted by Crippen LogP contribution is -2.51. The lowest BCUT2D eigenvalue weighted by molar-refractivity contribution is 0.0945. The van der Waals surface area contributed by atoms with Gasteiger partial charge in [0.1, 0.15) is 5.54 Å². The Hall–Kier alpha value is -2.15. The van der Waals surface area contributed by atoms with Crippen LogP contribution >= 0.6 is 31.9 Å². The molecule has 3 aromatic carbocycles. The standard InChI is InChI=1S/C24H20Br2N2O2/c25-18-8-12-20(13-9-18)27-22(29)24(17-6-7-17,16-4-2-1-3-5-16)28(23(27)30)21-14-10-19(26)11-15-21/h1-5,8-15,17,22,29H,6-7H2/t22?,24-/m0/s1. The van der Waals surface area contributed by atoms with Gasteiger partial charge in [-0.05, 0) is 72.9 Å². The maximum absolute atomic E-state index is 13.9. The van der Waals surface area contributed by atoms with Crippen molar-refractivity contribution in [2.24, 2.45) is 5.92 Å². The first-order chi connectivity index (χ1) is 14.5. The first kappa shape index (κ1) is 19.8. The summed E-state index contributed by atoms with van der Waals surface area (Å²) in [6.07, 6.45) is 0.936. The van der Waals surface area contributed by atoms with E-state index < -0.39 is 11.8 Å². The van der Waals surface area contributed by atoms with Crippen LogP contribution in [0.5, 0.6) is 0 Å². The van der Waals surface area contributed by atoms with Crippen molar-refractivity contribution in [1.29, 1.82) is 0 Å². The number of amides is 2. The van der Waals surface area contributed by atoms with Gasteiger partial charge in [0.25, 0.3) is 0 Å². The van der Waals surface area contributed by atoms with Crippen molar-refractivity contribution in [2.75, 3.05) is 9.80 Å². The summed E-state index contributed by atoms with van der Waals surface area (Å²) in [4.78, 5) is 17.2. The molecule has 2 amide bonds. The lowest BCUT2D eigenvalue weighted by Gasteiger charge is -2.40. The average molecular weight is 528 g/mol. The Balaban J connectivity index is 1.73. The first-order valence-corrected chi connectivity index (χ1v) is 11.5. The quantitative estimate of drug-likeness (QED) is 0.433. The fraction of sp³-hybridized carbons (Fsp3) is 0.208. The third-order valence-corrected chi connectivity index (χ3v) is 7.09. The van der Waals surface area contributed by atoms with Gasteiger partial charge in [-0.1, -0.05) is 62.2 Å². The van der Waals surface area contributed by atoms with Crippen molar-refractivity contribution >= 4 is 49.3 Å². The van der Waals surface area contributed by atoms with Crippen LogP contribution in [0.15, 0.2) is 87.8 Å². The van der Waals surface area contributed by atoms with Crippen molar-refractivity contribution in [3.05, 3.63) is 93.4 Å². The van der Waals surface area contributed by atoms with Crippen molar-refractivity contribution < 1.29 is 9.90 Å². The zero-order valence-electron chi connectivity index (χ0n) is 16.1. The van der Waals surface area contributed by atoms with E-state index in [1.807, 2.05) is 78.9 Å². The van der Waals surface area contributed by atoms with Gasteiger partial charge < -0.3 is 5.11 Å². The zero-order valence-corrected chi connectivity index (χ0v) is 19.3. The Morgan fingerprint density at radius 2 is 1.33 bits per heavy atom. The molecule has 4 nitrogen and oxygen atoms in total. The van der Waals surface area contributed by atoms with Gasteiger partial charge in [0.2, 0.25) is 0 Å². The molecular weight excluding hydrogens is 508 g/mol. The van der Waals surface area contributed by atoms with E-state index >= 15 is 0 Å². The zero-order chi connectivity index (χ0) is 20.9. The summed E-state index contributed by atoms with van der Waals surface area (Å²) in [6, 6.07) is 24.9. The number of hydrogen-bond donors (Lipinski definition) is 1. The van der Waals surface area contributed by atoms with Crippen LogP contribution < -0.4 is 9.80 Å². The molecule has 30 heavy (non-hydrogen) atoms. The minimum absolute atomic E-state index is 0.183. The average Bonchev–Trinajstić information content (AvgIpc) is 3.57. The van der Waals surface area contributed by atoms with Crippen LogP contribution in [0, 0.1) is 5.92 Å². The molecule has 2 atom stereocenters. The summed E-state index contributed by atoms with van der Waals surface area (Å²) in [5.41, 5.74) is 1.56. The Morgan fingerprint density at radius 1 is 0.800 bits per heavy atom. The molecule has 1 unspecified atom stereocenters. The molecule has 1 saturated heterocycles. The Morgan fingerprint density at radius 3 is 1.87 bits per heavy atom. The van der Waals surface area contributed by atoms with Gasteiger partial charge in [-0.2, -0.15) is 0 Å². The molecule has 1 aliphatic carbocycles. The van der Waals surface area contributed by atoms with Gasteiger partial charge in [-0.25, -0.2) is 4.79 Å². The monoisotopic (exact) mass is 526 g/mol. The number of anilines is 2. The maximum atomic E-state index is 13.9. The third-order valence-electron chi connectivity index (χ3n) is 6.03. The summed E-state index contributed by atoms with van der Waals surface area (Å²) < 4.78 is 1.87. The predicted octanol–water partition coefficient (Wildman–Crippen LogP) is 6.28. The molecule has 1 heterocycles. The number of aliphatic hydroxyl groups excluding tert-OH is 1. The Kier molecular flexibility index (Phi) is 4.96. The van der Waals surface area contributed by atoms with E-state index in [0.717, 1.165) is 33.0 Å². The highest BCUT2D eigenvalue weighted by molar-refractivity contribution is 9.10. The molecular formula is C24H20Br2N2O2. The molecule has 0 spiro atoms. The third kappa shape index (κ3) is 3.01. The van der Waals surface area contributed by atoms with Crippen molar-refractivity contribution in [1.82, 2.24) is 0 Å². The number of benzene rings is 3. The van der Waals surface area contributed by atoms with E-state index in [1.165, 1.54) is 4.90 Å². The van der Waals surface area contributed by atoms with E-state index in [1.54, 1.807) is 4.90 Å². The van der Waals surface area contributed by atoms with Crippen LogP contribution in [0.4, 0.5) is 16.2 Å². The predicted molar refractivity (Wildman–Crippen MR) is 125 cm³/mol. The summed E-state index contributed by atoms with van der Waals surface area (Å²) in [6.45, 7) is 0. The topological polar surface area (TPSA) is 43.8 Å². The van der Waals surface area contributed by atoms with Crippen LogP contribution in [-0.4, -0.2) is 17.4 Å². The number of carbonyl (C=O) groups excluding carboxylic acids is 1. The normalized spacial score (nSPS) is 23.8. The van der Waals surface area contributed by atoms with E-state index in [4.69, 9.17) is 0 Å². The van der Waals surface area contributed by atoms with E-state index in [2.05, 4.69) is 31.9 Å². The minimum atomic E-state index is -1.01. The van der Waals surface area contributed by atoms with Crippen LogP contribution in [0.3, 0.4) is 0 Å². The maximum Gasteiger partial charge on any atom is 0.332 e. The van der Waals surface area contributed by atoms with Crippen molar-refractivity contribution in [3.63, 3.8) is 0 Å². The second-order valence-electron chi connectivity index (χ2n) is 7.78. The molecule has 5 rings (SSSR count). The van der Waals surface area contributed by atoms with Gasteiger partial charge in [0.15, 0.2) is 6.23 Å². The molecule has 0 bridgehead atoms. The molecule has 1 N–H and O–H groups in total. The summed E-state index contributed by atoms with van der Waals surface area (Å²) in [7, 11) is 0. The number of hydrogen-bond acceptors (Lipinski definition) is 2. The number of carbonyl (C=O) groups is 1. The molecule has 6 heteroatoms.